The lowest BCUT2D eigenvalue weighted by atomic mass is 9.93. The van der Waals surface area contributed by atoms with Crippen LogP contribution in [0.5, 0.6) is 5.75 Å². The minimum Gasteiger partial charge on any atom is -0.496 e. The highest BCUT2D eigenvalue weighted by Gasteiger charge is 2.53. The molecule has 3 heteroatoms. The van der Waals surface area contributed by atoms with Crippen LogP contribution in [-0.4, -0.2) is 20.2 Å². The van der Waals surface area contributed by atoms with Crippen LogP contribution in [0.2, 0.25) is 0 Å². The second-order valence-corrected chi connectivity index (χ2v) is 6.19. The highest BCUT2D eigenvalue weighted by atomic mass is 19.1. The summed E-state index contributed by atoms with van der Waals surface area (Å²) in [7, 11) is 1.61. The second kappa shape index (κ2) is 5.49. The first kappa shape index (κ1) is 14.3. The summed E-state index contributed by atoms with van der Waals surface area (Å²) in [6.07, 6.45) is 1.02. The van der Waals surface area contributed by atoms with Crippen molar-refractivity contribution < 1.29 is 9.13 Å². The van der Waals surface area contributed by atoms with Crippen LogP contribution >= 0.6 is 0 Å². The van der Waals surface area contributed by atoms with E-state index in [0.717, 1.165) is 25.1 Å². The van der Waals surface area contributed by atoms with E-state index in [-0.39, 0.29) is 11.2 Å². The van der Waals surface area contributed by atoms with Gasteiger partial charge < -0.3 is 10.1 Å². The second-order valence-electron chi connectivity index (χ2n) is 6.19. The maximum absolute atomic E-state index is 14.1. The van der Waals surface area contributed by atoms with Gasteiger partial charge in [-0.25, -0.2) is 4.39 Å². The molecule has 1 fully saturated rings. The summed E-state index contributed by atoms with van der Waals surface area (Å²) in [6, 6.07) is 5.08. The molecule has 1 N–H and O–H groups in total. The molecule has 1 aromatic carbocycles. The number of hydrogen-bond acceptors (Lipinski definition) is 2. The lowest BCUT2D eigenvalue weighted by Gasteiger charge is -2.17. The summed E-state index contributed by atoms with van der Waals surface area (Å²) in [6.45, 7) is 8.49. The van der Waals surface area contributed by atoms with E-state index in [0.29, 0.717) is 17.6 Å². The number of rotatable bonds is 6. The van der Waals surface area contributed by atoms with Gasteiger partial charge in [0.15, 0.2) is 0 Å². The van der Waals surface area contributed by atoms with Gasteiger partial charge in [-0.3, -0.25) is 0 Å². The first-order chi connectivity index (χ1) is 8.99. The van der Waals surface area contributed by atoms with Crippen LogP contribution in [0.4, 0.5) is 4.39 Å². The Balaban J connectivity index is 2.07. The molecule has 2 atom stereocenters. The summed E-state index contributed by atoms with van der Waals surface area (Å²) in [4.78, 5) is 0. The molecule has 19 heavy (non-hydrogen) atoms. The fourth-order valence-electron chi connectivity index (χ4n) is 2.83. The third-order valence-electron chi connectivity index (χ3n) is 4.12. The molecule has 0 spiro atoms. The summed E-state index contributed by atoms with van der Waals surface area (Å²) in [5.74, 6) is 1.67. The summed E-state index contributed by atoms with van der Waals surface area (Å²) < 4.78 is 19.4. The fourth-order valence-corrected chi connectivity index (χ4v) is 2.83. The molecule has 0 amide bonds. The molecule has 0 heterocycles. The Labute approximate surface area is 115 Å². The van der Waals surface area contributed by atoms with Crippen molar-refractivity contribution in [1.82, 2.24) is 5.32 Å². The van der Waals surface area contributed by atoms with E-state index >= 15 is 0 Å². The molecule has 2 rings (SSSR count). The molecular formula is C16H24FNO. The largest absolute Gasteiger partial charge is 0.496 e. The van der Waals surface area contributed by atoms with Crippen LogP contribution in [0.25, 0.3) is 0 Å². The minimum atomic E-state index is -0.145. The van der Waals surface area contributed by atoms with Gasteiger partial charge in [-0.15, -0.1) is 0 Å². The SMILES string of the molecule is COc1cccc(F)c1C1(C)CC1CNCC(C)C. The van der Waals surface area contributed by atoms with Crippen LogP contribution in [0, 0.1) is 17.7 Å². The summed E-state index contributed by atoms with van der Waals surface area (Å²) in [5.41, 5.74) is 0.662. The van der Waals surface area contributed by atoms with E-state index < -0.39 is 0 Å². The van der Waals surface area contributed by atoms with Gasteiger partial charge in [0.2, 0.25) is 0 Å². The van der Waals surface area contributed by atoms with E-state index in [9.17, 15) is 4.39 Å². The van der Waals surface area contributed by atoms with Gasteiger partial charge in [0.25, 0.3) is 0 Å². The highest BCUT2D eigenvalue weighted by molar-refractivity contribution is 5.45. The van der Waals surface area contributed by atoms with E-state index in [1.165, 1.54) is 6.07 Å². The molecule has 1 saturated carbocycles. The normalized spacial score (nSPS) is 25.7. The molecule has 2 unspecified atom stereocenters. The molecule has 0 saturated heterocycles. The number of nitrogens with one attached hydrogen (secondary N) is 1. The van der Waals surface area contributed by atoms with Crippen LogP contribution in [-0.2, 0) is 5.41 Å². The zero-order chi connectivity index (χ0) is 14.0. The predicted molar refractivity (Wildman–Crippen MR) is 76.1 cm³/mol. The van der Waals surface area contributed by atoms with Gasteiger partial charge in [0.05, 0.1) is 7.11 Å². The monoisotopic (exact) mass is 265 g/mol. The standard InChI is InChI=1S/C16H24FNO/c1-11(2)9-18-10-12-8-16(12,3)15-13(17)6-5-7-14(15)19-4/h5-7,11-12,18H,8-10H2,1-4H3. The predicted octanol–water partition coefficient (Wildman–Crippen LogP) is 3.36. The highest BCUT2D eigenvalue weighted by Crippen LogP contribution is 2.56. The molecule has 1 aliphatic carbocycles. The van der Waals surface area contributed by atoms with Crippen molar-refractivity contribution in [2.45, 2.75) is 32.6 Å². The minimum absolute atomic E-state index is 0.0827. The van der Waals surface area contributed by atoms with Gasteiger partial charge in [-0.2, -0.15) is 0 Å². The topological polar surface area (TPSA) is 21.3 Å². The summed E-state index contributed by atoms with van der Waals surface area (Å²) >= 11 is 0. The number of methoxy groups -OCH3 is 1. The maximum atomic E-state index is 14.1. The van der Waals surface area contributed by atoms with Crippen molar-refractivity contribution in [3.63, 3.8) is 0 Å². The molecule has 0 bridgehead atoms. The van der Waals surface area contributed by atoms with Crippen molar-refractivity contribution in [1.29, 1.82) is 0 Å². The van der Waals surface area contributed by atoms with Gasteiger partial charge in [-0.05, 0) is 43.5 Å². The molecule has 1 aliphatic rings. The van der Waals surface area contributed by atoms with Crippen LogP contribution < -0.4 is 10.1 Å². The lowest BCUT2D eigenvalue weighted by molar-refractivity contribution is 0.395. The maximum Gasteiger partial charge on any atom is 0.130 e. The van der Waals surface area contributed by atoms with Gasteiger partial charge >= 0.3 is 0 Å². The van der Waals surface area contributed by atoms with Crippen molar-refractivity contribution >= 4 is 0 Å². The number of ether oxygens (including phenoxy) is 1. The number of hydrogen-bond donors (Lipinski definition) is 1. The Bertz CT molecular complexity index is 446. The van der Waals surface area contributed by atoms with Crippen LogP contribution in [0.3, 0.4) is 0 Å². The van der Waals surface area contributed by atoms with Crippen LogP contribution in [0.15, 0.2) is 18.2 Å². The molecule has 0 aliphatic heterocycles. The Morgan fingerprint density at radius 2 is 2.21 bits per heavy atom. The molecular weight excluding hydrogens is 241 g/mol. The van der Waals surface area contributed by atoms with E-state index in [2.05, 4.69) is 26.1 Å². The van der Waals surface area contributed by atoms with Crippen molar-refractivity contribution in [3.8, 4) is 5.75 Å². The Morgan fingerprint density at radius 1 is 1.47 bits per heavy atom. The smallest absolute Gasteiger partial charge is 0.130 e. The van der Waals surface area contributed by atoms with E-state index in [1.807, 2.05) is 6.07 Å². The third kappa shape index (κ3) is 2.92. The Hall–Kier alpha value is -1.09. The lowest BCUT2D eigenvalue weighted by Crippen LogP contribution is -2.24. The molecule has 106 valence electrons. The first-order valence-electron chi connectivity index (χ1n) is 7.02. The molecule has 2 nitrogen and oxygen atoms in total. The fraction of sp³-hybridized carbons (Fsp3) is 0.625. The first-order valence-corrected chi connectivity index (χ1v) is 7.02. The van der Waals surface area contributed by atoms with Gasteiger partial charge in [-0.1, -0.05) is 26.8 Å². The van der Waals surface area contributed by atoms with Crippen molar-refractivity contribution in [2.24, 2.45) is 11.8 Å². The summed E-state index contributed by atoms with van der Waals surface area (Å²) in [5, 5.41) is 3.47. The zero-order valence-corrected chi connectivity index (χ0v) is 12.3. The molecule has 0 radical (unpaired) electrons. The Kier molecular flexibility index (Phi) is 4.14. The number of benzene rings is 1. The van der Waals surface area contributed by atoms with Gasteiger partial charge in [0, 0.05) is 11.0 Å². The average Bonchev–Trinajstić information content (AvgIpc) is 3.00. The quantitative estimate of drug-likeness (QED) is 0.851. The van der Waals surface area contributed by atoms with E-state index in [4.69, 9.17) is 4.74 Å². The molecule has 1 aromatic rings. The van der Waals surface area contributed by atoms with Crippen molar-refractivity contribution in [3.05, 3.63) is 29.6 Å². The van der Waals surface area contributed by atoms with Crippen molar-refractivity contribution in [2.75, 3.05) is 20.2 Å². The third-order valence-corrected chi connectivity index (χ3v) is 4.12. The van der Waals surface area contributed by atoms with E-state index in [1.54, 1.807) is 13.2 Å². The number of halogens is 1. The van der Waals surface area contributed by atoms with Crippen LogP contribution in [0.1, 0.15) is 32.8 Å². The van der Waals surface area contributed by atoms with Gasteiger partial charge in [0.1, 0.15) is 11.6 Å². The zero-order valence-electron chi connectivity index (χ0n) is 12.3. The molecule has 0 aromatic heterocycles. The average molecular weight is 265 g/mol. The Morgan fingerprint density at radius 3 is 2.84 bits per heavy atom.